The predicted octanol–water partition coefficient (Wildman–Crippen LogP) is 1.25. The summed E-state index contributed by atoms with van der Waals surface area (Å²) in [5.41, 5.74) is 6.17. The van der Waals surface area contributed by atoms with Gasteiger partial charge >= 0.3 is 0 Å². The van der Waals surface area contributed by atoms with Crippen LogP contribution in [-0.2, 0) is 7.05 Å². The van der Waals surface area contributed by atoms with Crippen molar-refractivity contribution in [1.29, 1.82) is 0 Å². The summed E-state index contributed by atoms with van der Waals surface area (Å²) in [6.07, 6.45) is 5.59. The number of hydrogen-bond acceptors (Lipinski definition) is 3. The number of aromatic nitrogens is 3. The first-order valence-corrected chi connectivity index (χ1v) is 5.29. The molecule has 1 heterocycles. The number of aryl methyl sites for hydroxylation is 1. The maximum absolute atomic E-state index is 6.17. The molecule has 78 valence electrons. The van der Waals surface area contributed by atoms with Gasteiger partial charge in [-0.1, -0.05) is 26.2 Å². The smallest absolute Gasteiger partial charge is 0.143 e. The molecule has 0 amide bonds. The lowest BCUT2D eigenvalue weighted by atomic mass is 9.74. The van der Waals surface area contributed by atoms with Crippen molar-refractivity contribution >= 4 is 0 Å². The summed E-state index contributed by atoms with van der Waals surface area (Å²) in [7, 11) is 1.90. The van der Waals surface area contributed by atoms with E-state index in [1.807, 2.05) is 7.05 Å². The van der Waals surface area contributed by atoms with E-state index in [4.69, 9.17) is 5.73 Å². The Labute approximate surface area is 84.5 Å². The summed E-state index contributed by atoms with van der Waals surface area (Å²) < 4.78 is 1.78. The molecule has 0 aliphatic heterocycles. The van der Waals surface area contributed by atoms with Gasteiger partial charge in [0.15, 0.2) is 0 Å². The van der Waals surface area contributed by atoms with Gasteiger partial charge in [0.1, 0.15) is 12.2 Å². The molecule has 14 heavy (non-hydrogen) atoms. The zero-order valence-corrected chi connectivity index (χ0v) is 8.85. The highest BCUT2D eigenvalue weighted by molar-refractivity contribution is 4.97. The van der Waals surface area contributed by atoms with Crippen molar-refractivity contribution < 1.29 is 0 Å². The first kappa shape index (κ1) is 9.65. The summed E-state index contributed by atoms with van der Waals surface area (Å²) in [5, 5.41) is 4.05. The van der Waals surface area contributed by atoms with Gasteiger partial charge in [0, 0.05) is 7.05 Å². The Morgan fingerprint density at radius 2 is 2.29 bits per heavy atom. The highest BCUT2D eigenvalue weighted by atomic mass is 15.3. The molecule has 0 aromatic carbocycles. The third kappa shape index (κ3) is 1.54. The molecule has 1 fully saturated rings. The van der Waals surface area contributed by atoms with Crippen molar-refractivity contribution in [2.24, 2.45) is 24.6 Å². The van der Waals surface area contributed by atoms with Crippen LogP contribution in [0.3, 0.4) is 0 Å². The Balaban J connectivity index is 2.07. The quantitative estimate of drug-likeness (QED) is 0.788. The lowest BCUT2D eigenvalue weighted by Crippen LogP contribution is -2.31. The standard InChI is InChI=1S/C10H18N4/c1-7(8-4-3-5-8)9(11)10-12-6-13-14(10)2/h6-9H,3-5,11H2,1-2H3. The van der Waals surface area contributed by atoms with Crippen LogP contribution in [-0.4, -0.2) is 14.8 Å². The molecule has 2 N–H and O–H groups in total. The van der Waals surface area contributed by atoms with Gasteiger partial charge in [-0.2, -0.15) is 5.10 Å². The van der Waals surface area contributed by atoms with Crippen molar-refractivity contribution in [3.63, 3.8) is 0 Å². The van der Waals surface area contributed by atoms with Crippen molar-refractivity contribution in [2.75, 3.05) is 0 Å². The maximum Gasteiger partial charge on any atom is 0.143 e. The zero-order chi connectivity index (χ0) is 10.1. The van der Waals surface area contributed by atoms with E-state index >= 15 is 0 Å². The van der Waals surface area contributed by atoms with Crippen molar-refractivity contribution in [3.05, 3.63) is 12.2 Å². The molecule has 0 saturated heterocycles. The Kier molecular flexibility index (Phi) is 2.54. The lowest BCUT2D eigenvalue weighted by Gasteiger charge is -2.34. The van der Waals surface area contributed by atoms with E-state index in [0.717, 1.165) is 11.7 Å². The van der Waals surface area contributed by atoms with Gasteiger partial charge in [-0.3, -0.25) is 4.68 Å². The minimum atomic E-state index is 0.0350. The Morgan fingerprint density at radius 3 is 2.71 bits per heavy atom. The molecule has 4 nitrogen and oxygen atoms in total. The second kappa shape index (κ2) is 3.69. The maximum atomic E-state index is 6.17. The van der Waals surface area contributed by atoms with E-state index < -0.39 is 0 Å². The van der Waals surface area contributed by atoms with Crippen LogP contribution >= 0.6 is 0 Å². The molecule has 1 aromatic rings. The summed E-state index contributed by atoms with van der Waals surface area (Å²) in [6, 6.07) is 0.0350. The van der Waals surface area contributed by atoms with Gasteiger partial charge in [0.05, 0.1) is 6.04 Å². The van der Waals surface area contributed by atoms with Crippen LogP contribution in [0.15, 0.2) is 6.33 Å². The van der Waals surface area contributed by atoms with E-state index in [9.17, 15) is 0 Å². The highest BCUT2D eigenvalue weighted by Crippen LogP contribution is 2.37. The molecular weight excluding hydrogens is 176 g/mol. The van der Waals surface area contributed by atoms with Gasteiger partial charge in [-0.05, 0) is 11.8 Å². The largest absolute Gasteiger partial charge is 0.321 e. The minimum Gasteiger partial charge on any atom is -0.321 e. The fourth-order valence-corrected chi connectivity index (χ4v) is 2.10. The molecular formula is C10H18N4. The van der Waals surface area contributed by atoms with Gasteiger partial charge in [-0.25, -0.2) is 4.98 Å². The van der Waals surface area contributed by atoms with E-state index in [1.165, 1.54) is 19.3 Å². The average molecular weight is 194 g/mol. The molecule has 4 heteroatoms. The molecule has 2 rings (SSSR count). The van der Waals surface area contributed by atoms with E-state index in [0.29, 0.717) is 5.92 Å². The lowest BCUT2D eigenvalue weighted by molar-refractivity contribution is 0.188. The topological polar surface area (TPSA) is 56.7 Å². The third-order valence-electron chi connectivity index (χ3n) is 3.50. The normalized spacial score (nSPS) is 21.6. The number of rotatable bonds is 3. The highest BCUT2D eigenvalue weighted by Gasteiger charge is 2.30. The first-order chi connectivity index (χ1) is 6.70. The van der Waals surface area contributed by atoms with E-state index in [-0.39, 0.29) is 6.04 Å². The Bertz CT molecular complexity index is 303. The second-order valence-electron chi connectivity index (χ2n) is 4.32. The minimum absolute atomic E-state index is 0.0350. The van der Waals surface area contributed by atoms with Gasteiger partial charge in [-0.15, -0.1) is 0 Å². The summed E-state index contributed by atoms with van der Waals surface area (Å²) in [6.45, 7) is 2.23. The third-order valence-corrected chi connectivity index (χ3v) is 3.50. The molecule has 2 unspecified atom stereocenters. The molecule has 1 aliphatic rings. The molecule has 0 spiro atoms. The predicted molar refractivity (Wildman–Crippen MR) is 54.4 cm³/mol. The van der Waals surface area contributed by atoms with Crippen LogP contribution in [0.2, 0.25) is 0 Å². The van der Waals surface area contributed by atoms with E-state index in [2.05, 4.69) is 17.0 Å². The summed E-state index contributed by atoms with van der Waals surface area (Å²) >= 11 is 0. The van der Waals surface area contributed by atoms with Gasteiger partial charge < -0.3 is 5.73 Å². The van der Waals surface area contributed by atoms with Crippen molar-refractivity contribution in [1.82, 2.24) is 14.8 Å². The summed E-state index contributed by atoms with van der Waals surface area (Å²) in [4.78, 5) is 4.20. The van der Waals surface area contributed by atoms with Gasteiger partial charge in [0.2, 0.25) is 0 Å². The Hall–Kier alpha value is -0.900. The fourth-order valence-electron chi connectivity index (χ4n) is 2.10. The number of nitrogens with two attached hydrogens (primary N) is 1. The molecule has 1 saturated carbocycles. The molecule has 2 atom stereocenters. The van der Waals surface area contributed by atoms with Crippen LogP contribution in [0.25, 0.3) is 0 Å². The van der Waals surface area contributed by atoms with Crippen LogP contribution in [0.5, 0.6) is 0 Å². The van der Waals surface area contributed by atoms with Crippen LogP contribution in [0.4, 0.5) is 0 Å². The summed E-state index contributed by atoms with van der Waals surface area (Å²) in [5.74, 6) is 2.22. The Morgan fingerprint density at radius 1 is 1.57 bits per heavy atom. The molecule has 0 radical (unpaired) electrons. The second-order valence-corrected chi connectivity index (χ2v) is 4.32. The molecule has 1 aliphatic carbocycles. The van der Waals surface area contributed by atoms with E-state index in [1.54, 1.807) is 11.0 Å². The van der Waals surface area contributed by atoms with Crippen LogP contribution in [0, 0.1) is 11.8 Å². The van der Waals surface area contributed by atoms with Crippen LogP contribution in [0.1, 0.15) is 38.1 Å². The zero-order valence-electron chi connectivity index (χ0n) is 8.85. The first-order valence-electron chi connectivity index (χ1n) is 5.29. The SMILES string of the molecule is CC(C1CCC1)C(N)c1ncnn1C. The van der Waals surface area contributed by atoms with Crippen LogP contribution < -0.4 is 5.73 Å². The monoisotopic (exact) mass is 194 g/mol. The number of nitrogens with zero attached hydrogens (tertiary/aromatic N) is 3. The van der Waals surface area contributed by atoms with Gasteiger partial charge in [0.25, 0.3) is 0 Å². The fraction of sp³-hybridized carbons (Fsp3) is 0.800. The van der Waals surface area contributed by atoms with Crippen molar-refractivity contribution in [2.45, 2.75) is 32.2 Å². The van der Waals surface area contributed by atoms with Crippen molar-refractivity contribution in [3.8, 4) is 0 Å². The molecule has 1 aromatic heterocycles. The molecule has 0 bridgehead atoms. The average Bonchev–Trinajstić information content (AvgIpc) is 2.47. The number of hydrogen-bond donors (Lipinski definition) is 1.